The first-order chi connectivity index (χ1) is 9.72. The molecule has 0 unspecified atom stereocenters. The van der Waals surface area contributed by atoms with Gasteiger partial charge in [0.05, 0.1) is 6.54 Å². The molecule has 1 aromatic rings. The number of halogens is 2. The molecule has 0 aliphatic rings. The molecule has 118 valence electrons. The van der Waals surface area contributed by atoms with Crippen LogP contribution in [0.5, 0.6) is 0 Å². The minimum absolute atomic E-state index is 0.0460. The van der Waals surface area contributed by atoms with Crippen LogP contribution < -0.4 is 5.32 Å². The summed E-state index contributed by atoms with van der Waals surface area (Å²) in [6, 6.07) is -0.0148. The van der Waals surface area contributed by atoms with Crippen molar-refractivity contribution in [2.24, 2.45) is 0 Å². The monoisotopic (exact) mass is 351 g/mol. The Morgan fingerprint density at radius 2 is 1.95 bits per heavy atom. The van der Waals surface area contributed by atoms with Gasteiger partial charge in [-0.2, -0.15) is 0 Å². The minimum atomic E-state index is -1.10. The van der Waals surface area contributed by atoms with Crippen molar-refractivity contribution in [3.8, 4) is 0 Å². The second kappa shape index (κ2) is 7.96. The lowest BCUT2D eigenvalue weighted by molar-refractivity contribution is -0.131. The third-order valence-electron chi connectivity index (χ3n) is 2.60. The van der Waals surface area contributed by atoms with E-state index in [9.17, 15) is 9.59 Å². The number of hydrogen-bond donors (Lipinski definition) is 1. The average molecular weight is 352 g/mol. The summed E-state index contributed by atoms with van der Waals surface area (Å²) < 4.78 is 0. The molecule has 0 saturated carbocycles. The molecule has 1 N–H and O–H groups in total. The molecule has 0 fully saturated rings. The highest BCUT2D eigenvalue weighted by Crippen LogP contribution is 2.17. The summed E-state index contributed by atoms with van der Waals surface area (Å²) >= 11 is 12.6. The van der Waals surface area contributed by atoms with Gasteiger partial charge in [-0.15, -0.1) is 11.3 Å². The van der Waals surface area contributed by atoms with Gasteiger partial charge in [-0.25, -0.2) is 4.98 Å². The molecule has 1 aromatic heterocycles. The largest absolute Gasteiger partial charge is 0.349 e. The summed E-state index contributed by atoms with van der Waals surface area (Å²) in [6.45, 7) is 7.78. The van der Waals surface area contributed by atoms with Crippen LogP contribution in [-0.4, -0.2) is 38.6 Å². The van der Waals surface area contributed by atoms with Gasteiger partial charge in [-0.3, -0.25) is 9.59 Å². The van der Waals surface area contributed by atoms with Gasteiger partial charge < -0.3 is 10.2 Å². The van der Waals surface area contributed by atoms with Gasteiger partial charge in [0.15, 0.2) is 4.84 Å². The molecule has 0 radical (unpaired) electrons. The van der Waals surface area contributed by atoms with E-state index in [0.29, 0.717) is 10.7 Å². The lowest BCUT2D eigenvalue weighted by Gasteiger charge is -2.26. The quantitative estimate of drug-likeness (QED) is 0.801. The van der Waals surface area contributed by atoms with Crippen molar-refractivity contribution in [3.05, 3.63) is 16.1 Å². The SMILES string of the molecule is CC(C)NC(=O)c1csc(CN(C(=O)C(Cl)Cl)C(C)C)n1. The maximum atomic E-state index is 11.9. The van der Waals surface area contributed by atoms with Crippen LogP contribution in [0.25, 0.3) is 0 Å². The molecule has 5 nitrogen and oxygen atoms in total. The Morgan fingerprint density at radius 1 is 1.33 bits per heavy atom. The third-order valence-corrected chi connectivity index (χ3v) is 3.81. The van der Waals surface area contributed by atoms with Crippen LogP contribution in [0.2, 0.25) is 0 Å². The number of nitrogens with zero attached hydrogens (tertiary/aromatic N) is 2. The Morgan fingerprint density at radius 3 is 2.43 bits per heavy atom. The number of carbonyl (C=O) groups is 2. The van der Waals surface area contributed by atoms with Gasteiger partial charge in [0.2, 0.25) is 0 Å². The van der Waals surface area contributed by atoms with Crippen molar-refractivity contribution in [1.82, 2.24) is 15.2 Å². The van der Waals surface area contributed by atoms with E-state index in [2.05, 4.69) is 10.3 Å². The first-order valence-electron chi connectivity index (χ1n) is 6.56. The average Bonchev–Trinajstić information content (AvgIpc) is 2.82. The molecule has 0 atom stereocenters. The van der Waals surface area contributed by atoms with E-state index < -0.39 is 4.84 Å². The molecule has 0 aliphatic carbocycles. The summed E-state index contributed by atoms with van der Waals surface area (Å²) in [5.74, 6) is -0.584. The first kappa shape index (κ1) is 18.2. The minimum Gasteiger partial charge on any atom is -0.349 e. The number of amides is 2. The maximum Gasteiger partial charge on any atom is 0.270 e. The highest BCUT2D eigenvalue weighted by atomic mass is 35.5. The molecule has 0 saturated heterocycles. The summed E-state index contributed by atoms with van der Waals surface area (Å²) in [7, 11) is 0. The zero-order valence-corrected chi connectivity index (χ0v) is 14.7. The topological polar surface area (TPSA) is 62.3 Å². The Balaban J connectivity index is 2.80. The van der Waals surface area contributed by atoms with Gasteiger partial charge in [-0.05, 0) is 27.7 Å². The summed E-state index contributed by atoms with van der Waals surface area (Å²) in [4.78, 5) is 28.5. The van der Waals surface area contributed by atoms with Crippen molar-refractivity contribution in [2.45, 2.75) is 51.2 Å². The van der Waals surface area contributed by atoms with E-state index in [1.807, 2.05) is 27.7 Å². The van der Waals surface area contributed by atoms with Crippen LogP contribution in [0.4, 0.5) is 0 Å². The number of aromatic nitrogens is 1. The molecule has 1 heterocycles. The zero-order chi connectivity index (χ0) is 16.2. The second-order valence-electron chi connectivity index (χ2n) is 5.12. The highest BCUT2D eigenvalue weighted by Gasteiger charge is 2.24. The van der Waals surface area contributed by atoms with E-state index in [1.54, 1.807) is 5.38 Å². The Labute approximate surface area is 138 Å². The van der Waals surface area contributed by atoms with Crippen LogP contribution in [-0.2, 0) is 11.3 Å². The van der Waals surface area contributed by atoms with Crippen LogP contribution in [0.15, 0.2) is 5.38 Å². The lowest BCUT2D eigenvalue weighted by Crippen LogP contribution is -2.39. The molecule has 1 rings (SSSR count). The van der Waals surface area contributed by atoms with Crippen LogP contribution in [0.3, 0.4) is 0 Å². The van der Waals surface area contributed by atoms with Crippen molar-refractivity contribution in [3.63, 3.8) is 0 Å². The summed E-state index contributed by atoms with van der Waals surface area (Å²) in [6.07, 6.45) is 0. The lowest BCUT2D eigenvalue weighted by atomic mass is 10.3. The van der Waals surface area contributed by atoms with E-state index in [-0.39, 0.29) is 30.4 Å². The van der Waals surface area contributed by atoms with Crippen molar-refractivity contribution < 1.29 is 9.59 Å². The highest BCUT2D eigenvalue weighted by molar-refractivity contribution is 7.09. The summed E-state index contributed by atoms with van der Waals surface area (Å²) in [5.41, 5.74) is 0.355. The van der Waals surface area contributed by atoms with Gasteiger partial charge >= 0.3 is 0 Å². The van der Waals surface area contributed by atoms with Crippen LogP contribution in [0, 0.1) is 0 Å². The van der Waals surface area contributed by atoms with Crippen LogP contribution in [0.1, 0.15) is 43.2 Å². The predicted molar refractivity (Wildman–Crippen MR) is 85.9 cm³/mol. The molecular formula is C13H19Cl2N3O2S. The maximum absolute atomic E-state index is 11.9. The van der Waals surface area contributed by atoms with E-state index in [4.69, 9.17) is 23.2 Å². The molecule has 0 aliphatic heterocycles. The van der Waals surface area contributed by atoms with Gasteiger partial charge in [-0.1, -0.05) is 23.2 Å². The molecule has 21 heavy (non-hydrogen) atoms. The second-order valence-corrected chi connectivity index (χ2v) is 7.15. The van der Waals surface area contributed by atoms with Gasteiger partial charge in [0.1, 0.15) is 10.7 Å². The van der Waals surface area contributed by atoms with Gasteiger partial charge in [0.25, 0.3) is 11.8 Å². The zero-order valence-electron chi connectivity index (χ0n) is 12.4. The van der Waals surface area contributed by atoms with Crippen molar-refractivity contribution in [1.29, 1.82) is 0 Å². The van der Waals surface area contributed by atoms with Crippen LogP contribution >= 0.6 is 34.5 Å². The Hall–Kier alpha value is -0.850. The molecule has 8 heteroatoms. The van der Waals surface area contributed by atoms with Gasteiger partial charge in [0, 0.05) is 17.5 Å². The summed E-state index contributed by atoms with van der Waals surface area (Å²) in [5, 5.41) is 5.11. The Kier molecular flexibility index (Phi) is 6.90. The number of rotatable bonds is 6. The number of hydrogen-bond acceptors (Lipinski definition) is 4. The van der Waals surface area contributed by atoms with E-state index in [0.717, 1.165) is 0 Å². The normalized spacial score (nSPS) is 11.3. The number of alkyl halides is 2. The third kappa shape index (κ3) is 5.45. The smallest absolute Gasteiger partial charge is 0.270 e. The van der Waals surface area contributed by atoms with E-state index in [1.165, 1.54) is 16.2 Å². The van der Waals surface area contributed by atoms with Crippen molar-refractivity contribution in [2.75, 3.05) is 0 Å². The molecule has 2 amide bonds. The molecular weight excluding hydrogens is 333 g/mol. The number of thiazole rings is 1. The fourth-order valence-corrected chi connectivity index (χ4v) is 2.63. The molecule has 0 aromatic carbocycles. The van der Waals surface area contributed by atoms with Crippen molar-refractivity contribution >= 4 is 46.4 Å². The fraction of sp³-hybridized carbons (Fsp3) is 0.615. The Bertz CT molecular complexity index is 503. The van der Waals surface area contributed by atoms with E-state index >= 15 is 0 Å². The number of nitrogens with one attached hydrogen (secondary N) is 1. The molecule has 0 spiro atoms. The molecule has 0 bridgehead atoms. The first-order valence-corrected chi connectivity index (χ1v) is 8.31. The number of carbonyl (C=O) groups excluding carboxylic acids is 2. The fourth-order valence-electron chi connectivity index (χ4n) is 1.61. The standard InChI is InChI=1S/C13H19Cl2N3O2S/c1-7(2)16-12(19)9-6-21-10(17-9)5-18(8(3)4)13(20)11(14)15/h6-8,11H,5H2,1-4H3,(H,16,19). The predicted octanol–water partition coefficient (Wildman–Crippen LogP) is 2.82.